The Morgan fingerprint density at radius 2 is 1.78 bits per heavy atom. The first kappa shape index (κ1) is 25.4. The maximum Gasteiger partial charge on any atom is 0.288 e. The predicted octanol–water partition coefficient (Wildman–Crippen LogP) is 2.50. The van der Waals surface area contributed by atoms with E-state index in [2.05, 4.69) is 20.6 Å². The van der Waals surface area contributed by atoms with Crippen molar-refractivity contribution in [2.24, 2.45) is 5.92 Å². The van der Waals surface area contributed by atoms with Gasteiger partial charge in [0.15, 0.2) is 0 Å². The number of halogens is 1. The van der Waals surface area contributed by atoms with Crippen LogP contribution in [0.4, 0.5) is 0 Å². The first-order valence-corrected chi connectivity index (χ1v) is 12.1. The number of ketones is 1. The lowest BCUT2D eigenvalue weighted by molar-refractivity contribution is -0.139. The van der Waals surface area contributed by atoms with Crippen molar-refractivity contribution >= 4 is 46.0 Å². The van der Waals surface area contributed by atoms with Gasteiger partial charge in [-0.2, -0.15) is 0 Å². The van der Waals surface area contributed by atoms with Crippen LogP contribution in [0.2, 0.25) is 5.02 Å². The number of benzene rings is 1. The highest BCUT2D eigenvalue weighted by molar-refractivity contribution is 6.36. The van der Waals surface area contributed by atoms with Crippen LogP contribution in [0.5, 0.6) is 0 Å². The van der Waals surface area contributed by atoms with E-state index in [9.17, 15) is 19.2 Å². The molecule has 0 unspecified atom stereocenters. The molecule has 2 aromatic heterocycles. The molecule has 3 atom stereocenters. The van der Waals surface area contributed by atoms with E-state index < -0.39 is 23.8 Å². The van der Waals surface area contributed by atoms with E-state index in [1.807, 2.05) is 0 Å². The molecule has 1 saturated carbocycles. The fraction of sp³-hybridized carbons (Fsp3) is 0.346. The third-order valence-corrected chi connectivity index (χ3v) is 6.70. The number of fused-ring (bicyclic) bond motifs is 1. The fourth-order valence-corrected chi connectivity index (χ4v) is 4.76. The van der Waals surface area contributed by atoms with Crippen molar-refractivity contribution in [3.63, 3.8) is 0 Å². The molecule has 9 nitrogen and oxygen atoms in total. The van der Waals surface area contributed by atoms with Crippen LogP contribution in [0, 0.1) is 5.92 Å². The second-order valence-corrected chi connectivity index (χ2v) is 9.71. The standard InChI is InChI=1S/C26H28ClN5O4/c1-32(2)26(36)16-3-5-20(30-24(34)22-14-17-12-18(27)4-6-19(17)29-22)21(13-16)31-25(35)23(33)11-15-7-9-28-10-8-15/h4,6-10,12,14,16,20-21,29H,3,5,11,13H2,1-2H3,(H,30,34)(H,31,35)/t16-,20-,21+/m0/s1. The molecule has 1 aliphatic rings. The van der Waals surface area contributed by atoms with Crippen molar-refractivity contribution < 1.29 is 19.2 Å². The van der Waals surface area contributed by atoms with Gasteiger partial charge in [0.05, 0.1) is 6.04 Å². The second-order valence-electron chi connectivity index (χ2n) is 9.27. The molecule has 0 bridgehead atoms. The predicted molar refractivity (Wildman–Crippen MR) is 135 cm³/mol. The van der Waals surface area contributed by atoms with Crippen molar-refractivity contribution in [3.8, 4) is 0 Å². The highest BCUT2D eigenvalue weighted by atomic mass is 35.5. The molecule has 0 radical (unpaired) electrons. The van der Waals surface area contributed by atoms with Gasteiger partial charge in [-0.15, -0.1) is 0 Å². The van der Waals surface area contributed by atoms with Gasteiger partial charge in [-0.3, -0.25) is 24.2 Å². The highest BCUT2D eigenvalue weighted by Gasteiger charge is 2.37. The molecule has 188 valence electrons. The zero-order valence-corrected chi connectivity index (χ0v) is 20.8. The molecule has 4 rings (SSSR count). The summed E-state index contributed by atoms with van der Waals surface area (Å²) in [4.78, 5) is 59.5. The average Bonchev–Trinajstić information content (AvgIpc) is 3.28. The average molecular weight is 510 g/mol. The number of carbonyl (C=O) groups excluding carboxylic acids is 4. The fourth-order valence-electron chi connectivity index (χ4n) is 4.58. The molecule has 1 aromatic carbocycles. The Labute approximate surface area is 213 Å². The van der Waals surface area contributed by atoms with Gasteiger partial charge in [-0.25, -0.2) is 0 Å². The monoisotopic (exact) mass is 509 g/mol. The second kappa shape index (κ2) is 10.9. The normalized spacial score (nSPS) is 19.5. The van der Waals surface area contributed by atoms with E-state index in [4.69, 9.17) is 11.6 Å². The van der Waals surface area contributed by atoms with Gasteiger partial charge in [0.1, 0.15) is 5.69 Å². The lowest BCUT2D eigenvalue weighted by atomic mass is 9.81. The van der Waals surface area contributed by atoms with E-state index in [1.54, 1.807) is 62.9 Å². The van der Waals surface area contributed by atoms with E-state index >= 15 is 0 Å². The summed E-state index contributed by atoms with van der Waals surface area (Å²) in [6.07, 6.45) is 4.41. The number of nitrogens with zero attached hydrogens (tertiary/aromatic N) is 2. The number of pyridine rings is 1. The van der Waals surface area contributed by atoms with Crippen LogP contribution in [0.3, 0.4) is 0 Å². The Balaban J connectivity index is 1.48. The van der Waals surface area contributed by atoms with Gasteiger partial charge in [-0.1, -0.05) is 11.6 Å². The molecule has 0 aliphatic heterocycles. The van der Waals surface area contributed by atoms with Crippen LogP contribution < -0.4 is 10.6 Å². The zero-order chi connectivity index (χ0) is 25.8. The number of rotatable bonds is 7. The maximum atomic E-state index is 13.1. The molecule has 1 fully saturated rings. The van der Waals surface area contributed by atoms with Crippen molar-refractivity contribution in [1.29, 1.82) is 0 Å². The molecule has 1 aliphatic carbocycles. The Bertz CT molecular complexity index is 1290. The number of nitrogens with one attached hydrogen (secondary N) is 3. The third-order valence-electron chi connectivity index (χ3n) is 6.47. The SMILES string of the molecule is CN(C)C(=O)[C@H]1CC[C@H](NC(=O)c2cc3cc(Cl)ccc3[nH]2)[C@H](NC(=O)C(=O)Cc2ccncc2)C1. The molecular weight excluding hydrogens is 482 g/mol. The number of Topliss-reactive ketones (excluding diaryl/α,β-unsaturated/α-hetero) is 1. The smallest absolute Gasteiger partial charge is 0.288 e. The summed E-state index contributed by atoms with van der Waals surface area (Å²) in [6, 6.07) is 9.33. The summed E-state index contributed by atoms with van der Waals surface area (Å²) < 4.78 is 0. The summed E-state index contributed by atoms with van der Waals surface area (Å²) in [5.41, 5.74) is 1.81. The molecule has 3 aromatic rings. The summed E-state index contributed by atoms with van der Waals surface area (Å²) >= 11 is 6.05. The number of amides is 3. The Morgan fingerprint density at radius 1 is 1.03 bits per heavy atom. The minimum Gasteiger partial charge on any atom is -0.351 e. The van der Waals surface area contributed by atoms with E-state index in [1.165, 1.54) is 4.90 Å². The zero-order valence-electron chi connectivity index (χ0n) is 20.1. The third kappa shape index (κ3) is 5.91. The largest absolute Gasteiger partial charge is 0.351 e. The molecule has 36 heavy (non-hydrogen) atoms. The van der Waals surface area contributed by atoms with Crippen molar-refractivity contribution in [3.05, 3.63) is 65.1 Å². The number of carbonyl (C=O) groups is 4. The number of H-pyrrole nitrogens is 1. The highest BCUT2D eigenvalue weighted by Crippen LogP contribution is 2.27. The first-order valence-electron chi connectivity index (χ1n) is 11.7. The Morgan fingerprint density at radius 3 is 2.50 bits per heavy atom. The summed E-state index contributed by atoms with van der Waals surface area (Å²) in [7, 11) is 3.37. The van der Waals surface area contributed by atoms with Gasteiger partial charge >= 0.3 is 0 Å². The van der Waals surface area contributed by atoms with Gasteiger partial charge in [-0.05, 0) is 61.2 Å². The summed E-state index contributed by atoms with van der Waals surface area (Å²) in [6.45, 7) is 0. The summed E-state index contributed by atoms with van der Waals surface area (Å²) in [5.74, 6) is -2.04. The van der Waals surface area contributed by atoms with Gasteiger partial charge in [0.2, 0.25) is 11.7 Å². The van der Waals surface area contributed by atoms with Gasteiger partial charge in [0.25, 0.3) is 11.8 Å². The van der Waals surface area contributed by atoms with Crippen molar-refractivity contribution in [2.75, 3.05) is 14.1 Å². The summed E-state index contributed by atoms with van der Waals surface area (Å²) in [5, 5.41) is 7.14. The van der Waals surface area contributed by atoms with Crippen LogP contribution in [0.15, 0.2) is 48.8 Å². The maximum absolute atomic E-state index is 13.1. The Kier molecular flexibility index (Phi) is 7.69. The molecular formula is C26H28ClN5O4. The number of aromatic amines is 1. The van der Waals surface area contributed by atoms with Crippen molar-refractivity contribution in [2.45, 2.75) is 37.8 Å². The lowest BCUT2D eigenvalue weighted by Crippen LogP contribution is -2.57. The van der Waals surface area contributed by atoms with Crippen molar-refractivity contribution in [1.82, 2.24) is 25.5 Å². The molecule has 3 N–H and O–H groups in total. The topological polar surface area (TPSA) is 124 Å². The molecule has 0 spiro atoms. The van der Waals surface area contributed by atoms with Crippen LogP contribution in [-0.2, 0) is 20.8 Å². The van der Waals surface area contributed by atoms with Gasteiger partial charge < -0.3 is 20.5 Å². The molecule has 3 amide bonds. The van der Waals surface area contributed by atoms with E-state index in [-0.39, 0.29) is 24.2 Å². The lowest BCUT2D eigenvalue weighted by Gasteiger charge is -2.37. The Hall–Kier alpha value is -3.72. The van der Waals surface area contributed by atoms with Gasteiger partial charge in [0, 0.05) is 60.8 Å². The number of hydrogen-bond donors (Lipinski definition) is 3. The molecule has 0 saturated heterocycles. The van der Waals surface area contributed by atoms with E-state index in [0.29, 0.717) is 35.5 Å². The van der Waals surface area contributed by atoms with E-state index in [0.717, 1.165) is 10.9 Å². The van der Waals surface area contributed by atoms with Crippen LogP contribution in [-0.4, -0.2) is 64.6 Å². The van der Waals surface area contributed by atoms with Crippen LogP contribution in [0.25, 0.3) is 10.9 Å². The minimum atomic E-state index is -0.741. The number of aromatic nitrogens is 2. The van der Waals surface area contributed by atoms with Crippen LogP contribution in [0.1, 0.15) is 35.3 Å². The van der Waals surface area contributed by atoms with Crippen LogP contribution >= 0.6 is 11.6 Å². The first-order chi connectivity index (χ1) is 17.2. The minimum absolute atomic E-state index is 0.0466. The molecule has 10 heteroatoms. The molecule has 2 heterocycles. The number of hydrogen-bond acceptors (Lipinski definition) is 5. The quantitative estimate of drug-likeness (QED) is 0.422.